The number of halogens is 2. The van der Waals surface area contributed by atoms with E-state index in [1.165, 1.54) is 13.2 Å². The highest BCUT2D eigenvalue weighted by atomic mass is 35.5. The van der Waals surface area contributed by atoms with Gasteiger partial charge in [0, 0.05) is 17.1 Å². The van der Waals surface area contributed by atoms with Gasteiger partial charge in [0.15, 0.2) is 0 Å². The molecule has 0 unspecified atom stereocenters. The maximum absolute atomic E-state index is 13.7. The van der Waals surface area contributed by atoms with E-state index in [4.69, 9.17) is 16.3 Å². The van der Waals surface area contributed by atoms with Crippen LogP contribution in [0.4, 0.5) is 10.1 Å². The first-order chi connectivity index (χ1) is 11.4. The highest BCUT2D eigenvalue weighted by Gasteiger charge is 2.20. The van der Waals surface area contributed by atoms with Crippen LogP contribution in [-0.4, -0.2) is 31.0 Å². The molecule has 128 valence electrons. The van der Waals surface area contributed by atoms with Crippen molar-refractivity contribution in [3.8, 4) is 5.75 Å². The van der Waals surface area contributed by atoms with Gasteiger partial charge in [-0.1, -0.05) is 29.8 Å². The topological polar surface area (TPSA) is 41.6 Å². The second kappa shape index (κ2) is 8.13. The van der Waals surface area contributed by atoms with Gasteiger partial charge in [-0.25, -0.2) is 4.39 Å². The third-order valence-electron chi connectivity index (χ3n) is 3.84. The number of carbonyl (C=O) groups excluding carboxylic acids is 1. The minimum Gasteiger partial charge on any atom is -0.495 e. The van der Waals surface area contributed by atoms with E-state index < -0.39 is 6.04 Å². The first-order valence-electron chi connectivity index (χ1n) is 7.50. The van der Waals surface area contributed by atoms with Crippen LogP contribution < -0.4 is 10.1 Å². The van der Waals surface area contributed by atoms with Crippen LogP contribution in [-0.2, 0) is 11.3 Å². The van der Waals surface area contributed by atoms with E-state index in [0.29, 0.717) is 28.6 Å². The average Bonchev–Trinajstić information content (AvgIpc) is 2.56. The molecule has 2 aromatic carbocycles. The van der Waals surface area contributed by atoms with Gasteiger partial charge in [-0.05, 0) is 38.2 Å². The number of benzene rings is 2. The zero-order chi connectivity index (χ0) is 17.7. The van der Waals surface area contributed by atoms with Crippen molar-refractivity contribution in [2.75, 3.05) is 19.5 Å². The molecule has 0 radical (unpaired) electrons. The van der Waals surface area contributed by atoms with Crippen LogP contribution in [0.3, 0.4) is 0 Å². The lowest BCUT2D eigenvalue weighted by atomic mass is 10.1. The number of nitrogens with zero attached hydrogens (tertiary/aromatic N) is 1. The first-order valence-corrected chi connectivity index (χ1v) is 7.88. The summed E-state index contributed by atoms with van der Waals surface area (Å²) in [6.45, 7) is 2.08. The lowest BCUT2D eigenvalue weighted by molar-refractivity contribution is -0.120. The summed E-state index contributed by atoms with van der Waals surface area (Å²) in [5.41, 5.74) is 1.04. The molecule has 6 heteroatoms. The molecule has 24 heavy (non-hydrogen) atoms. The molecule has 0 bridgehead atoms. The predicted molar refractivity (Wildman–Crippen MR) is 94.0 cm³/mol. The van der Waals surface area contributed by atoms with Crippen molar-refractivity contribution in [1.29, 1.82) is 0 Å². The fourth-order valence-corrected chi connectivity index (χ4v) is 2.42. The largest absolute Gasteiger partial charge is 0.495 e. The molecular formula is C18H20ClFN2O2. The van der Waals surface area contributed by atoms with E-state index in [-0.39, 0.29) is 11.7 Å². The molecule has 0 aliphatic rings. The number of nitrogens with one attached hydrogen (secondary N) is 1. The Hall–Kier alpha value is -2.11. The molecule has 0 aliphatic heterocycles. The number of ether oxygens (including phenoxy) is 1. The Labute approximate surface area is 146 Å². The van der Waals surface area contributed by atoms with Crippen LogP contribution in [0.2, 0.25) is 5.02 Å². The van der Waals surface area contributed by atoms with Crippen LogP contribution in [0.1, 0.15) is 12.5 Å². The monoisotopic (exact) mass is 350 g/mol. The molecule has 1 amide bonds. The van der Waals surface area contributed by atoms with Gasteiger partial charge in [0.1, 0.15) is 11.6 Å². The molecule has 0 heterocycles. The minimum absolute atomic E-state index is 0.227. The van der Waals surface area contributed by atoms with Gasteiger partial charge in [0.05, 0.1) is 18.8 Å². The summed E-state index contributed by atoms with van der Waals surface area (Å²) in [5.74, 6) is 0.0135. The third kappa shape index (κ3) is 4.46. The standard InChI is InChI=1S/C18H20ClFN2O2/c1-12(22(2)11-13-6-4-5-7-15(13)20)18(23)21-16-10-14(19)8-9-17(16)24-3/h4-10,12H,11H2,1-3H3,(H,21,23)/t12-/m0/s1. The van der Waals surface area contributed by atoms with Gasteiger partial charge in [0.25, 0.3) is 0 Å². The van der Waals surface area contributed by atoms with E-state index in [2.05, 4.69) is 5.32 Å². The number of amides is 1. The lowest BCUT2D eigenvalue weighted by Crippen LogP contribution is -2.39. The maximum atomic E-state index is 13.7. The number of hydrogen-bond acceptors (Lipinski definition) is 3. The number of methoxy groups -OCH3 is 1. The van der Waals surface area contributed by atoms with Crippen LogP contribution >= 0.6 is 11.6 Å². The third-order valence-corrected chi connectivity index (χ3v) is 4.07. The predicted octanol–water partition coefficient (Wildman–Crippen LogP) is 3.95. The zero-order valence-electron chi connectivity index (χ0n) is 13.8. The van der Waals surface area contributed by atoms with E-state index in [1.54, 1.807) is 55.3 Å². The van der Waals surface area contributed by atoms with Gasteiger partial charge in [-0.15, -0.1) is 0 Å². The molecule has 0 aromatic heterocycles. The van der Waals surface area contributed by atoms with Crippen molar-refractivity contribution in [2.24, 2.45) is 0 Å². The summed E-state index contributed by atoms with van der Waals surface area (Å²) in [4.78, 5) is 14.2. The Kier molecular flexibility index (Phi) is 6.17. The van der Waals surface area contributed by atoms with Crippen molar-refractivity contribution < 1.29 is 13.9 Å². The highest BCUT2D eigenvalue weighted by molar-refractivity contribution is 6.31. The van der Waals surface area contributed by atoms with Crippen LogP contribution in [0.25, 0.3) is 0 Å². The molecule has 0 spiro atoms. The van der Waals surface area contributed by atoms with Crippen molar-refractivity contribution in [1.82, 2.24) is 4.90 Å². The van der Waals surface area contributed by atoms with Gasteiger partial charge in [-0.3, -0.25) is 9.69 Å². The fourth-order valence-electron chi connectivity index (χ4n) is 2.25. The lowest BCUT2D eigenvalue weighted by Gasteiger charge is -2.24. The molecule has 0 fully saturated rings. The normalized spacial score (nSPS) is 12.1. The average molecular weight is 351 g/mol. The number of carbonyl (C=O) groups is 1. The Morgan fingerprint density at radius 1 is 1.33 bits per heavy atom. The van der Waals surface area contributed by atoms with Gasteiger partial charge in [0.2, 0.25) is 5.91 Å². The van der Waals surface area contributed by atoms with Crippen LogP contribution in [0.15, 0.2) is 42.5 Å². The molecule has 0 aliphatic carbocycles. The van der Waals surface area contributed by atoms with Gasteiger partial charge >= 0.3 is 0 Å². The summed E-state index contributed by atoms with van der Waals surface area (Å²) >= 11 is 5.97. The second-order valence-corrected chi connectivity index (χ2v) is 5.95. The highest BCUT2D eigenvalue weighted by Crippen LogP contribution is 2.28. The van der Waals surface area contributed by atoms with Crippen LogP contribution in [0, 0.1) is 5.82 Å². The summed E-state index contributed by atoms with van der Waals surface area (Å²) in [7, 11) is 3.29. The first kappa shape index (κ1) is 18.2. The van der Waals surface area contributed by atoms with E-state index >= 15 is 0 Å². The molecule has 2 aromatic rings. The molecule has 0 saturated carbocycles. The van der Waals surface area contributed by atoms with E-state index in [0.717, 1.165) is 0 Å². The van der Waals surface area contributed by atoms with Gasteiger partial charge < -0.3 is 10.1 Å². The summed E-state index contributed by atoms with van der Waals surface area (Å²) in [6, 6.07) is 11.1. The van der Waals surface area contributed by atoms with Gasteiger partial charge in [-0.2, -0.15) is 0 Å². The Morgan fingerprint density at radius 2 is 2.04 bits per heavy atom. The van der Waals surface area contributed by atoms with Crippen LogP contribution in [0.5, 0.6) is 5.75 Å². The quantitative estimate of drug-likeness (QED) is 0.857. The fraction of sp³-hybridized carbons (Fsp3) is 0.278. The number of hydrogen-bond donors (Lipinski definition) is 1. The minimum atomic E-state index is -0.465. The van der Waals surface area contributed by atoms with Crippen molar-refractivity contribution >= 4 is 23.2 Å². The molecule has 0 saturated heterocycles. The van der Waals surface area contributed by atoms with E-state index in [9.17, 15) is 9.18 Å². The molecule has 4 nitrogen and oxygen atoms in total. The Bertz CT molecular complexity index is 724. The number of likely N-dealkylation sites (N-methyl/N-ethyl adjacent to an activating group) is 1. The molecule has 1 atom stereocenters. The molecular weight excluding hydrogens is 331 g/mol. The van der Waals surface area contributed by atoms with Crippen molar-refractivity contribution in [2.45, 2.75) is 19.5 Å². The maximum Gasteiger partial charge on any atom is 0.241 e. The second-order valence-electron chi connectivity index (χ2n) is 5.52. The Morgan fingerprint density at radius 3 is 2.71 bits per heavy atom. The number of rotatable bonds is 6. The van der Waals surface area contributed by atoms with Crippen molar-refractivity contribution in [3.05, 3.63) is 58.9 Å². The summed E-state index contributed by atoms with van der Waals surface area (Å²) in [5, 5.41) is 3.30. The van der Waals surface area contributed by atoms with E-state index in [1.807, 2.05) is 0 Å². The number of anilines is 1. The summed E-state index contributed by atoms with van der Waals surface area (Å²) in [6.07, 6.45) is 0. The summed E-state index contributed by atoms with van der Waals surface area (Å²) < 4.78 is 19.0. The SMILES string of the molecule is COc1ccc(Cl)cc1NC(=O)[C@H](C)N(C)Cc1ccccc1F. The zero-order valence-corrected chi connectivity index (χ0v) is 14.6. The van der Waals surface area contributed by atoms with Crippen molar-refractivity contribution in [3.63, 3.8) is 0 Å². The smallest absolute Gasteiger partial charge is 0.241 e. The Balaban J connectivity index is 2.06. The molecule has 2 rings (SSSR count). The molecule has 1 N–H and O–H groups in total.